The number of nitrogens with one attached hydrogen (secondary N) is 1. The first-order valence-corrected chi connectivity index (χ1v) is 15.5. The van der Waals surface area contributed by atoms with Gasteiger partial charge in [-0.2, -0.15) is 0 Å². The topological polar surface area (TPSA) is 58.2 Å². The van der Waals surface area contributed by atoms with Gasteiger partial charge in [0.1, 0.15) is 0 Å². The zero-order chi connectivity index (χ0) is 24.7. The highest BCUT2D eigenvalue weighted by Gasteiger charge is 2.37. The lowest BCUT2D eigenvalue weighted by Gasteiger charge is -2.32. The molecule has 6 nitrogen and oxygen atoms in total. The second-order valence-corrected chi connectivity index (χ2v) is 12.3. The average molecular weight is 492 g/mol. The number of rotatable bonds is 26. The number of methoxy groups -OCH3 is 2. The molecule has 1 N–H and O–H groups in total. The first-order valence-electron chi connectivity index (χ1n) is 13.6. The molecule has 7 heteroatoms. The van der Waals surface area contributed by atoms with Crippen LogP contribution in [0, 0.1) is 0 Å². The minimum Gasteiger partial charge on any atom is -0.377 e. The van der Waals surface area contributed by atoms with Gasteiger partial charge in [-0.25, -0.2) is 0 Å². The molecule has 0 aromatic carbocycles. The smallest absolute Gasteiger partial charge is 0.377 e. The molecular formula is C26H57NO5Si. The molecule has 0 rings (SSSR count). The molecule has 0 aliphatic rings. The second-order valence-electron chi connectivity index (χ2n) is 9.19. The lowest BCUT2D eigenvalue weighted by Crippen LogP contribution is -2.50. The zero-order valence-electron chi connectivity index (χ0n) is 23.0. The number of hydrogen-bond donors (Lipinski definition) is 1. The molecule has 0 saturated carbocycles. The summed E-state index contributed by atoms with van der Waals surface area (Å²) in [5, 5.41) is 3.44. The van der Waals surface area contributed by atoms with Crippen LogP contribution in [0.2, 0.25) is 6.04 Å². The molecule has 0 atom stereocenters. The summed E-state index contributed by atoms with van der Waals surface area (Å²) in [4.78, 5) is 0. The van der Waals surface area contributed by atoms with Crippen molar-refractivity contribution in [3.63, 3.8) is 0 Å². The number of ether oxygens (including phenoxy) is 2. The summed E-state index contributed by atoms with van der Waals surface area (Å²) in [5.74, 6) is -0.714. The van der Waals surface area contributed by atoms with Crippen LogP contribution < -0.4 is 5.32 Å². The Hall–Kier alpha value is -0.0231. The van der Waals surface area contributed by atoms with Gasteiger partial charge in [0.2, 0.25) is 5.91 Å². The van der Waals surface area contributed by atoms with Crippen LogP contribution in [0.1, 0.15) is 116 Å². The van der Waals surface area contributed by atoms with E-state index < -0.39 is 14.7 Å². The standard InChI is InChI=1S/C26H57NO5Si/c1-7-8-9-10-11-12-13-14-15-16-17-18-19-20-21-23-26(28-2,29-3)27-24-22-25-33(30-4,31-5)32-6/h27H,7-25H2,1-6H3. The van der Waals surface area contributed by atoms with Gasteiger partial charge in [0, 0.05) is 54.6 Å². The van der Waals surface area contributed by atoms with Crippen LogP contribution in [0.4, 0.5) is 0 Å². The Morgan fingerprint density at radius 1 is 0.545 bits per heavy atom. The summed E-state index contributed by atoms with van der Waals surface area (Å²) in [6.07, 6.45) is 22.2. The van der Waals surface area contributed by atoms with Crippen molar-refractivity contribution in [3.8, 4) is 0 Å². The molecule has 0 aliphatic heterocycles. The van der Waals surface area contributed by atoms with Gasteiger partial charge in [-0.3, -0.25) is 5.32 Å². The average Bonchev–Trinajstić information content (AvgIpc) is 2.85. The van der Waals surface area contributed by atoms with Gasteiger partial charge in [-0.15, -0.1) is 0 Å². The maximum Gasteiger partial charge on any atom is 0.500 e. The van der Waals surface area contributed by atoms with Crippen LogP contribution in [0.5, 0.6) is 0 Å². The van der Waals surface area contributed by atoms with E-state index in [1.54, 1.807) is 35.5 Å². The fourth-order valence-corrected chi connectivity index (χ4v) is 6.11. The highest BCUT2D eigenvalue weighted by atomic mass is 28.4. The molecule has 0 heterocycles. The quantitative estimate of drug-likeness (QED) is 0.0794. The van der Waals surface area contributed by atoms with Crippen molar-refractivity contribution in [1.29, 1.82) is 0 Å². The molecule has 0 spiro atoms. The van der Waals surface area contributed by atoms with Crippen LogP contribution in [-0.4, -0.2) is 56.8 Å². The predicted octanol–water partition coefficient (Wildman–Crippen LogP) is 7.05. The summed E-state index contributed by atoms with van der Waals surface area (Å²) in [5.41, 5.74) is 0. The van der Waals surface area contributed by atoms with Crippen LogP contribution in [-0.2, 0) is 22.8 Å². The minimum absolute atomic E-state index is 0.714. The molecule has 0 aromatic rings. The van der Waals surface area contributed by atoms with Crippen molar-refractivity contribution in [2.75, 3.05) is 42.1 Å². The third-order valence-electron chi connectivity index (χ3n) is 6.76. The molecule has 200 valence electrons. The van der Waals surface area contributed by atoms with Gasteiger partial charge < -0.3 is 22.8 Å². The first kappa shape index (κ1) is 33.0. The van der Waals surface area contributed by atoms with E-state index in [9.17, 15) is 0 Å². The van der Waals surface area contributed by atoms with Crippen LogP contribution in [0.15, 0.2) is 0 Å². The van der Waals surface area contributed by atoms with Crippen LogP contribution >= 0.6 is 0 Å². The normalized spacial score (nSPS) is 12.5. The van der Waals surface area contributed by atoms with Gasteiger partial charge in [0.05, 0.1) is 0 Å². The van der Waals surface area contributed by atoms with Gasteiger partial charge in [0.15, 0.2) is 0 Å². The van der Waals surface area contributed by atoms with Crippen molar-refractivity contribution in [2.45, 2.75) is 128 Å². The van der Waals surface area contributed by atoms with E-state index in [0.29, 0.717) is 0 Å². The monoisotopic (exact) mass is 491 g/mol. The Morgan fingerprint density at radius 3 is 1.30 bits per heavy atom. The molecule has 0 saturated heterocycles. The SMILES string of the molecule is CCCCCCCCCCCCCCCCCC(NCCC[Si](OC)(OC)OC)(OC)OC. The van der Waals surface area contributed by atoms with Gasteiger partial charge in [-0.1, -0.05) is 96.8 Å². The van der Waals surface area contributed by atoms with E-state index in [1.165, 1.54) is 89.9 Å². The van der Waals surface area contributed by atoms with Crippen molar-refractivity contribution < 1.29 is 22.8 Å². The molecule has 33 heavy (non-hydrogen) atoms. The largest absolute Gasteiger partial charge is 0.500 e. The maximum absolute atomic E-state index is 5.70. The van der Waals surface area contributed by atoms with Crippen molar-refractivity contribution >= 4 is 8.80 Å². The molecule has 0 aromatic heterocycles. The summed E-state index contributed by atoms with van der Waals surface area (Å²) in [6, 6.07) is 0.756. The van der Waals surface area contributed by atoms with Gasteiger partial charge in [0.25, 0.3) is 0 Å². The first-order chi connectivity index (χ1) is 16.1. The van der Waals surface area contributed by atoms with Gasteiger partial charge in [-0.05, 0) is 12.8 Å². The Bertz CT molecular complexity index is 398. The van der Waals surface area contributed by atoms with Gasteiger partial charge >= 0.3 is 8.80 Å². The van der Waals surface area contributed by atoms with Crippen molar-refractivity contribution in [2.24, 2.45) is 0 Å². The molecule has 0 bridgehead atoms. The maximum atomic E-state index is 5.70. The fraction of sp³-hybridized carbons (Fsp3) is 1.00. The Labute approximate surface area is 207 Å². The summed E-state index contributed by atoms with van der Waals surface area (Å²) >= 11 is 0. The molecular weight excluding hydrogens is 434 g/mol. The lowest BCUT2D eigenvalue weighted by atomic mass is 10.0. The Kier molecular flexibility index (Phi) is 22.4. The van der Waals surface area contributed by atoms with E-state index >= 15 is 0 Å². The van der Waals surface area contributed by atoms with Crippen molar-refractivity contribution in [1.82, 2.24) is 5.32 Å². The Balaban J connectivity index is 3.77. The molecule has 0 fully saturated rings. The molecule has 0 unspecified atom stereocenters. The van der Waals surface area contributed by atoms with E-state index in [4.69, 9.17) is 22.8 Å². The second kappa shape index (κ2) is 22.4. The van der Waals surface area contributed by atoms with Crippen molar-refractivity contribution in [3.05, 3.63) is 0 Å². The minimum atomic E-state index is -2.52. The predicted molar refractivity (Wildman–Crippen MR) is 141 cm³/mol. The number of unbranched alkanes of at least 4 members (excludes halogenated alkanes) is 14. The summed E-state index contributed by atoms with van der Waals surface area (Å²) in [6.45, 7) is 3.04. The zero-order valence-corrected chi connectivity index (χ0v) is 24.0. The van der Waals surface area contributed by atoms with E-state index in [1.807, 2.05) is 0 Å². The lowest BCUT2D eigenvalue weighted by molar-refractivity contribution is -0.232. The Morgan fingerprint density at radius 2 is 0.939 bits per heavy atom. The highest BCUT2D eigenvalue weighted by Crippen LogP contribution is 2.20. The third kappa shape index (κ3) is 16.3. The molecule has 0 aliphatic carbocycles. The third-order valence-corrected chi connectivity index (χ3v) is 9.59. The van der Waals surface area contributed by atoms with E-state index in [2.05, 4.69) is 12.2 Å². The fourth-order valence-electron chi connectivity index (χ4n) is 4.39. The van der Waals surface area contributed by atoms with E-state index in [-0.39, 0.29) is 0 Å². The van der Waals surface area contributed by atoms with Crippen LogP contribution in [0.3, 0.4) is 0 Å². The summed E-state index contributed by atoms with van der Waals surface area (Å²) in [7, 11) is 5.85. The molecule has 0 amide bonds. The molecule has 0 radical (unpaired) electrons. The summed E-state index contributed by atoms with van der Waals surface area (Å²) < 4.78 is 27.9. The number of hydrogen-bond acceptors (Lipinski definition) is 6. The van der Waals surface area contributed by atoms with E-state index in [0.717, 1.165) is 31.9 Å². The van der Waals surface area contributed by atoms with Crippen LogP contribution in [0.25, 0.3) is 0 Å². The highest BCUT2D eigenvalue weighted by molar-refractivity contribution is 6.60.